The standard InChI is InChI=1S/C14H26N2O/c1-3-5-13-14(17)16(10-15-13)9-12-7-4-6-11(2)8-12/h11-13,15H,3-10H2,1-2H3. The molecule has 2 aliphatic rings. The molecule has 2 fully saturated rings. The lowest BCUT2D eigenvalue weighted by Crippen LogP contribution is -2.35. The van der Waals surface area contributed by atoms with E-state index in [1.54, 1.807) is 0 Å². The Kier molecular flexibility index (Phi) is 4.43. The number of amides is 1. The third kappa shape index (κ3) is 3.21. The third-order valence-corrected chi connectivity index (χ3v) is 4.24. The quantitative estimate of drug-likeness (QED) is 0.815. The van der Waals surface area contributed by atoms with E-state index < -0.39 is 0 Å². The minimum atomic E-state index is 0.0982. The summed E-state index contributed by atoms with van der Waals surface area (Å²) in [6.45, 7) is 6.24. The summed E-state index contributed by atoms with van der Waals surface area (Å²) in [6.07, 6.45) is 7.41. The Morgan fingerprint density at radius 3 is 2.94 bits per heavy atom. The van der Waals surface area contributed by atoms with Gasteiger partial charge in [0.1, 0.15) is 0 Å². The second-order valence-corrected chi connectivity index (χ2v) is 5.90. The number of hydrogen-bond donors (Lipinski definition) is 1. The molecule has 0 aromatic rings. The van der Waals surface area contributed by atoms with E-state index >= 15 is 0 Å². The van der Waals surface area contributed by atoms with Crippen molar-refractivity contribution in [2.45, 2.75) is 58.4 Å². The highest BCUT2D eigenvalue weighted by atomic mass is 16.2. The molecule has 1 saturated carbocycles. The first-order valence-electron chi connectivity index (χ1n) is 7.23. The van der Waals surface area contributed by atoms with Crippen molar-refractivity contribution in [3.63, 3.8) is 0 Å². The fourth-order valence-corrected chi connectivity index (χ4v) is 3.31. The number of hydrogen-bond acceptors (Lipinski definition) is 2. The molecule has 1 saturated heterocycles. The van der Waals surface area contributed by atoms with E-state index in [9.17, 15) is 4.79 Å². The molecule has 0 radical (unpaired) electrons. The first kappa shape index (κ1) is 12.9. The molecular formula is C14H26N2O. The van der Waals surface area contributed by atoms with Crippen LogP contribution in [0.1, 0.15) is 52.4 Å². The van der Waals surface area contributed by atoms with Gasteiger partial charge in [-0.15, -0.1) is 0 Å². The van der Waals surface area contributed by atoms with E-state index in [4.69, 9.17) is 0 Å². The highest BCUT2D eigenvalue weighted by Crippen LogP contribution is 2.29. The van der Waals surface area contributed by atoms with E-state index in [1.807, 2.05) is 4.90 Å². The van der Waals surface area contributed by atoms with Gasteiger partial charge in [0.25, 0.3) is 0 Å². The summed E-state index contributed by atoms with van der Waals surface area (Å²) in [7, 11) is 0. The average molecular weight is 238 g/mol. The van der Waals surface area contributed by atoms with E-state index in [2.05, 4.69) is 19.2 Å². The second kappa shape index (κ2) is 5.85. The van der Waals surface area contributed by atoms with Crippen molar-refractivity contribution in [1.29, 1.82) is 0 Å². The van der Waals surface area contributed by atoms with Gasteiger partial charge in [-0.25, -0.2) is 0 Å². The fraction of sp³-hybridized carbons (Fsp3) is 0.929. The Labute approximate surface area is 105 Å². The molecule has 1 amide bonds. The van der Waals surface area contributed by atoms with Crippen LogP contribution in [0.5, 0.6) is 0 Å². The summed E-state index contributed by atoms with van der Waals surface area (Å²) in [5.41, 5.74) is 0. The zero-order valence-corrected chi connectivity index (χ0v) is 11.2. The van der Waals surface area contributed by atoms with E-state index in [0.717, 1.165) is 37.9 Å². The summed E-state index contributed by atoms with van der Waals surface area (Å²) < 4.78 is 0. The molecule has 3 atom stereocenters. The van der Waals surface area contributed by atoms with Crippen molar-refractivity contribution in [1.82, 2.24) is 10.2 Å². The highest BCUT2D eigenvalue weighted by Gasteiger charge is 2.32. The third-order valence-electron chi connectivity index (χ3n) is 4.24. The molecule has 1 heterocycles. The van der Waals surface area contributed by atoms with Crippen molar-refractivity contribution >= 4 is 5.91 Å². The van der Waals surface area contributed by atoms with Gasteiger partial charge in [-0.2, -0.15) is 0 Å². The van der Waals surface area contributed by atoms with Crippen molar-refractivity contribution < 1.29 is 4.79 Å². The van der Waals surface area contributed by atoms with Gasteiger partial charge in [0.2, 0.25) is 5.91 Å². The molecule has 3 nitrogen and oxygen atoms in total. The molecule has 2 rings (SSSR count). The van der Waals surface area contributed by atoms with Crippen LogP contribution >= 0.6 is 0 Å². The van der Waals surface area contributed by atoms with Crippen molar-refractivity contribution in [2.24, 2.45) is 11.8 Å². The lowest BCUT2D eigenvalue weighted by atomic mass is 9.82. The SMILES string of the molecule is CCCC1NCN(CC2CCCC(C)C2)C1=O. The van der Waals surface area contributed by atoms with Gasteiger partial charge in [-0.1, -0.05) is 33.1 Å². The molecule has 17 heavy (non-hydrogen) atoms. The molecule has 3 unspecified atom stereocenters. The van der Waals surface area contributed by atoms with Crippen molar-refractivity contribution in [3.05, 3.63) is 0 Å². The smallest absolute Gasteiger partial charge is 0.240 e. The topological polar surface area (TPSA) is 32.3 Å². The van der Waals surface area contributed by atoms with Gasteiger partial charge in [0.15, 0.2) is 0 Å². The molecule has 0 aromatic carbocycles. The Morgan fingerprint density at radius 1 is 1.41 bits per heavy atom. The predicted octanol–water partition coefficient (Wildman–Crippen LogP) is 2.37. The van der Waals surface area contributed by atoms with Gasteiger partial charge in [-0.05, 0) is 31.1 Å². The molecule has 1 N–H and O–H groups in total. The van der Waals surface area contributed by atoms with Crippen LogP contribution in [-0.4, -0.2) is 30.1 Å². The van der Waals surface area contributed by atoms with Gasteiger partial charge >= 0.3 is 0 Å². The van der Waals surface area contributed by atoms with Gasteiger partial charge < -0.3 is 4.90 Å². The first-order valence-corrected chi connectivity index (χ1v) is 7.23. The number of carbonyl (C=O) groups excluding carboxylic acids is 1. The highest BCUT2D eigenvalue weighted by molar-refractivity contribution is 5.83. The summed E-state index contributed by atoms with van der Waals surface area (Å²) >= 11 is 0. The van der Waals surface area contributed by atoms with Crippen LogP contribution in [0.25, 0.3) is 0 Å². The Morgan fingerprint density at radius 2 is 2.24 bits per heavy atom. The maximum atomic E-state index is 12.1. The number of carbonyl (C=O) groups is 1. The van der Waals surface area contributed by atoms with E-state index in [-0.39, 0.29) is 6.04 Å². The summed E-state index contributed by atoms with van der Waals surface area (Å²) in [5, 5.41) is 3.33. The monoisotopic (exact) mass is 238 g/mol. The summed E-state index contributed by atoms with van der Waals surface area (Å²) in [4.78, 5) is 14.2. The van der Waals surface area contributed by atoms with Crippen LogP contribution < -0.4 is 5.32 Å². The average Bonchev–Trinajstić information content (AvgIpc) is 2.62. The fourth-order valence-electron chi connectivity index (χ4n) is 3.31. The normalized spacial score (nSPS) is 34.4. The molecule has 0 spiro atoms. The lowest BCUT2D eigenvalue weighted by Gasteiger charge is -2.30. The molecule has 98 valence electrons. The molecule has 1 aliphatic heterocycles. The Hall–Kier alpha value is -0.570. The van der Waals surface area contributed by atoms with Gasteiger partial charge in [-0.3, -0.25) is 10.1 Å². The van der Waals surface area contributed by atoms with Gasteiger partial charge in [0.05, 0.1) is 12.7 Å². The lowest BCUT2D eigenvalue weighted by molar-refractivity contribution is -0.129. The van der Waals surface area contributed by atoms with Gasteiger partial charge in [0, 0.05) is 6.54 Å². The Balaban J connectivity index is 1.81. The minimum Gasteiger partial charge on any atom is -0.328 e. The number of nitrogens with zero attached hydrogens (tertiary/aromatic N) is 1. The van der Waals surface area contributed by atoms with Crippen LogP contribution in [0, 0.1) is 11.8 Å². The zero-order chi connectivity index (χ0) is 12.3. The van der Waals surface area contributed by atoms with Crippen LogP contribution in [0.15, 0.2) is 0 Å². The molecule has 0 aromatic heterocycles. The maximum Gasteiger partial charge on any atom is 0.240 e. The maximum absolute atomic E-state index is 12.1. The number of nitrogens with one attached hydrogen (secondary N) is 1. The van der Waals surface area contributed by atoms with E-state index in [0.29, 0.717) is 5.91 Å². The second-order valence-electron chi connectivity index (χ2n) is 5.90. The largest absolute Gasteiger partial charge is 0.328 e. The first-order chi connectivity index (χ1) is 8.20. The molecule has 3 heteroatoms. The molecular weight excluding hydrogens is 212 g/mol. The zero-order valence-electron chi connectivity index (χ0n) is 11.2. The summed E-state index contributed by atoms with van der Waals surface area (Å²) in [6, 6.07) is 0.0982. The van der Waals surface area contributed by atoms with Crippen LogP contribution in [0.4, 0.5) is 0 Å². The van der Waals surface area contributed by atoms with E-state index in [1.165, 1.54) is 25.7 Å². The summed E-state index contributed by atoms with van der Waals surface area (Å²) in [5.74, 6) is 1.93. The molecule has 0 bridgehead atoms. The van der Waals surface area contributed by atoms with Crippen LogP contribution in [-0.2, 0) is 4.79 Å². The Bertz CT molecular complexity index is 267. The minimum absolute atomic E-state index is 0.0982. The molecule has 1 aliphatic carbocycles. The van der Waals surface area contributed by atoms with Crippen molar-refractivity contribution in [2.75, 3.05) is 13.2 Å². The van der Waals surface area contributed by atoms with Crippen molar-refractivity contribution in [3.8, 4) is 0 Å². The van der Waals surface area contributed by atoms with Crippen LogP contribution in [0.2, 0.25) is 0 Å². The predicted molar refractivity (Wildman–Crippen MR) is 69.5 cm³/mol. The van der Waals surface area contributed by atoms with Crippen LogP contribution in [0.3, 0.4) is 0 Å². The number of rotatable bonds is 4.